The Morgan fingerprint density at radius 3 is 2.82 bits per heavy atom. The Hall–Kier alpha value is -0.870. The van der Waals surface area contributed by atoms with Crippen LogP contribution >= 0.6 is 31.9 Å². The Labute approximate surface area is 118 Å². The van der Waals surface area contributed by atoms with Gasteiger partial charge < -0.3 is 5.32 Å². The summed E-state index contributed by atoms with van der Waals surface area (Å²) in [6.07, 6.45) is 3.65. The molecule has 2 aromatic rings. The van der Waals surface area contributed by atoms with Gasteiger partial charge in [-0.05, 0) is 52.2 Å². The lowest BCUT2D eigenvalue weighted by Gasteiger charge is -2.10. The number of nitrogens with one attached hydrogen (secondary N) is 1. The number of pyridine rings is 1. The lowest BCUT2D eigenvalue weighted by atomic mass is 10.2. The minimum Gasteiger partial charge on any atom is -0.381 e. The molecule has 0 aliphatic rings. The van der Waals surface area contributed by atoms with Crippen molar-refractivity contribution in [1.29, 1.82) is 0 Å². The Morgan fingerprint density at radius 1 is 1.24 bits per heavy atom. The first kappa shape index (κ1) is 12.6. The molecule has 1 aromatic heterocycles. The quantitative estimate of drug-likeness (QED) is 0.875. The van der Waals surface area contributed by atoms with Crippen LogP contribution in [0.3, 0.4) is 0 Å². The molecule has 17 heavy (non-hydrogen) atoms. The largest absolute Gasteiger partial charge is 0.381 e. The second-order valence-electron chi connectivity index (χ2n) is 3.78. The molecule has 0 radical (unpaired) electrons. The van der Waals surface area contributed by atoms with Crippen LogP contribution < -0.4 is 5.32 Å². The van der Waals surface area contributed by atoms with Gasteiger partial charge in [0.2, 0.25) is 0 Å². The zero-order chi connectivity index (χ0) is 12.3. The molecule has 1 heterocycles. The molecule has 2 nitrogen and oxygen atoms in total. The molecule has 1 N–H and O–H groups in total. The zero-order valence-electron chi connectivity index (χ0n) is 9.37. The van der Waals surface area contributed by atoms with Gasteiger partial charge in [-0.2, -0.15) is 0 Å². The predicted molar refractivity (Wildman–Crippen MR) is 78.1 cm³/mol. The van der Waals surface area contributed by atoms with Crippen LogP contribution in [-0.2, 0) is 6.54 Å². The van der Waals surface area contributed by atoms with Gasteiger partial charge in [-0.25, -0.2) is 0 Å². The Balaban J connectivity index is 2.10. The van der Waals surface area contributed by atoms with Crippen LogP contribution in [0.4, 0.5) is 5.69 Å². The monoisotopic (exact) mass is 354 g/mol. The van der Waals surface area contributed by atoms with Crippen molar-refractivity contribution in [3.05, 3.63) is 56.7 Å². The normalized spacial score (nSPS) is 10.3. The molecule has 1 aromatic carbocycles. The van der Waals surface area contributed by atoms with Crippen molar-refractivity contribution < 1.29 is 0 Å². The molecule has 88 valence electrons. The molecule has 0 saturated carbocycles. The van der Waals surface area contributed by atoms with Crippen molar-refractivity contribution in [2.45, 2.75) is 13.5 Å². The highest BCUT2D eigenvalue weighted by Gasteiger charge is 2.01. The van der Waals surface area contributed by atoms with E-state index < -0.39 is 0 Å². The highest BCUT2D eigenvalue weighted by Crippen LogP contribution is 2.24. The summed E-state index contributed by atoms with van der Waals surface area (Å²) in [6, 6.07) is 8.21. The van der Waals surface area contributed by atoms with E-state index in [2.05, 4.69) is 61.2 Å². The fourth-order valence-corrected chi connectivity index (χ4v) is 2.33. The van der Waals surface area contributed by atoms with E-state index in [4.69, 9.17) is 0 Å². The third kappa shape index (κ3) is 3.30. The fourth-order valence-electron chi connectivity index (χ4n) is 1.55. The lowest BCUT2D eigenvalue weighted by molar-refractivity contribution is 1.10. The zero-order valence-corrected chi connectivity index (χ0v) is 12.5. The maximum atomic E-state index is 4.14. The number of rotatable bonds is 3. The summed E-state index contributed by atoms with van der Waals surface area (Å²) in [5.74, 6) is 0. The van der Waals surface area contributed by atoms with Crippen LogP contribution in [0.5, 0.6) is 0 Å². The Bertz CT molecular complexity index is 527. The summed E-state index contributed by atoms with van der Waals surface area (Å²) in [5, 5.41) is 3.41. The van der Waals surface area contributed by atoms with Crippen LogP contribution in [0.2, 0.25) is 0 Å². The topological polar surface area (TPSA) is 24.9 Å². The number of nitrogens with zero attached hydrogens (tertiary/aromatic N) is 1. The first-order chi connectivity index (χ1) is 8.16. The summed E-state index contributed by atoms with van der Waals surface area (Å²) in [5.41, 5.74) is 3.51. The third-order valence-electron chi connectivity index (χ3n) is 2.51. The van der Waals surface area contributed by atoms with Crippen LogP contribution in [-0.4, -0.2) is 4.98 Å². The minimum atomic E-state index is 0.768. The van der Waals surface area contributed by atoms with Gasteiger partial charge in [-0.3, -0.25) is 4.98 Å². The van der Waals surface area contributed by atoms with Crippen molar-refractivity contribution in [2.24, 2.45) is 0 Å². The van der Waals surface area contributed by atoms with Crippen molar-refractivity contribution in [3.63, 3.8) is 0 Å². The third-order valence-corrected chi connectivity index (χ3v) is 3.80. The second kappa shape index (κ2) is 5.65. The molecule has 0 bridgehead atoms. The number of benzene rings is 1. The maximum Gasteiger partial charge on any atom is 0.0416 e. The highest BCUT2D eigenvalue weighted by molar-refractivity contribution is 9.10. The van der Waals surface area contributed by atoms with E-state index in [1.165, 1.54) is 5.56 Å². The first-order valence-corrected chi connectivity index (χ1v) is 6.84. The van der Waals surface area contributed by atoms with E-state index in [1.807, 2.05) is 18.3 Å². The van der Waals surface area contributed by atoms with Crippen molar-refractivity contribution in [2.75, 3.05) is 5.32 Å². The van der Waals surface area contributed by atoms with Gasteiger partial charge in [0.05, 0.1) is 0 Å². The van der Waals surface area contributed by atoms with Gasteiger partial charge in [0, 0.05) is 33.6 Å². The Kier molecular flexibility index (Phi) is 4.18. The summed E-state index contributed by atoms with van der Waals surface area (Å²) >= 11 is 6.94. The van der Waals surface area contributed by atoms with Crippen LogP contribution in [0.15, 0.2) is 45.6 Å². The first-order valence-electron chi connectivity index (χ1n) is 5.25. The van der Waals surface area contributed by atoms with Gasteiger partial charge in [0.1, 0.15) is 0 Å². The van der Waals surface area contributed by atoms with Crippen LogP contribution in [0.25, 0.3) is 0 Å². The molecule has 0 atom stereocenters. The standard InChI is InChI=1S/C13H12Br2N2/c1-9-12(15)3-2-4-13(9)17-7-10-5-11(14)8-16-6-10/h2-6,8,17H,7H2,1H3. The van der Waals surface area contributed by atoms with E-state index in [1.54, 1.807) is 6.20 Å². The summed E-state index contributed by atoms with van der Waals surface area (Å²) < 4.78 is 2.12. The van der Waals surface area contributed by atoms with E-state index in [0.717, 1.165) is 26.7 Å². The molecule has 0 aliphatic carbocycles. The predicted octanol–water partition coefficient (Wildman–Crippen LogP) is 4.53. The van der Waals surface area contributed by atoms with Gasteiger partial charge in [-0.15, -0.1) is 0 Å². The van der Waals surface area contributed by atoms with Gasteiger partial charge in [0.25, 0.3) is 0 Å². The average molecular weight is 356 g/mol. The van der Waals surface area contributed by atoms with Crippen LogP contribution in [0.1, 0.15) is 11.1 Å². The molecular weight excluding hydrogens is 344 g/mol. The Morgan fingerprint density at radius 2 is 2.06 bits per heavy atom. The van der Waals surface area contributed by atoms with E-state index in [0.29, 0.717) is 0 Å². The van der Waals surface area contributed by atoms with Crippen molar-refractivity contribution in [3.8, 4) is 0 Å². The highest BCUT2D eigenvalue weighted by atomic mass is 79.9. The number of hydrogen-bond acceptors (Lipinski definition) is 2. The smallest absolute Gasteiger partial charge is 0.0416 e. The average Bonchev–Trinajstić information content (AvgIpc) is 2.31. The van der Waals surface area contributed by atoms with Gasteiger partial charge >= 0.3 is 0 Å². The SMILES string of the molecule is Cc1c(Br)cccc1NCc1cncc(Br)c1. The lowest BCUT2D eigenvalue weighted by Crippen LogP contribution is -2.01. The molecule has 0 saturated heterocycles. The fraction of sp³-hybridized carbons (Fsp3) is 0.154. The maximum absolute atomic E-state index is 4.14. The van der Waals surface area contributed by atoms with Crippen molar-refractivity contribution >= 4 is 37.5 Å². The molecular formula is C13H12Br2N2. The number of halogens is 2. The molecule has 0 aliphatic heterocycles. The van der Waals surface area contributed by atoms with Gasteiger partial charge in [-0.1, -0.05) is 22.0 Å². The summed E-state index contributed by atoms with van der Waals surface area (Å²) in [4.78, 5) is 4.14. The summed E-state index contributed by atoms with van der Waals surface area (Å²) in [6.45, 7) is 2.86. The molecule has 2 rings (SSSR count). The molecule has 0 fully saturated rings. The van der Waals surface area contributed by atoms with E-state index >= 15 is 0 Å². The molecule has 0 amide bonds. The molecule has 4 heteroatoms. The van der Waals surface area contributed by atoms with Gasteiger partial charge in [0.15, 0.2) is 0 Å². The number of hydrogen-bond donors (Lipinski definition) is 1. The molecule has 0 spiro atoms. The summed E-state index contributed by atoms with van der Waals surface area (Å²) in [7, 11) is 0. The molecule has 0 unspecified atom stereocenters. The second-order valence-corrected chi connectivity index (χ2v) is 5.55. The van der Waals surface area contributed by atoms with E-state index in [9.17, 15) is 0 Å². The van der Waals surface area contributed by atoms with E-state index in [-0.39, 0.29) is 0 Å². The van der Waals surface area contributed by atoms with Crippen molar-refractivity contribution in [1.82, 2.24) is 4.98 Å². The number of anilines is 1. The van der Waals surface area contributed by atoms with Crippen LogP contribution in [0, 0.1) is 6.92 Å². The number of aromatic nitrogens is 1. The minimum absolute atomic E-state index is 0.768.